The fourth-order valence-corrected chi connectivity index (χ4v) is 1.91. The minimum Gasteiger partial charge on any atom is -0.289 e. The normalized spacial score (nSPS) is 10.3. The molecule has 86 valence electrons. The average molecular weight is 314 g/mol. The standard InChI is InChI=1S/C13H7BrClFO/c14-9-6-4-8(5-7-9)13(17)10-2-1-3-11(16)12(10)15/h1-7H. The Bertz CT molecular complexity index is 566. The molecule has 0 bridgehead atoms. The summed E-state index contributed by atoms with van der Waals surface area (Å²) >= 11 is 9.04. The van der Waals surface area contributed by atoms with E-state index >= 15 is 0 Å². The summed E-state index contributed by atoms with van der Waals surface area (Å²) in [6.45, 7) is 0. The minimum atomic E-state index is -0.588. The largest absolute Gasteiger partial charge is 0.289 e. The van der Waals surface area contributed by atoms with Crippen LogP contribution in [0.4, 0.5) is 4.39 Å². The van der Waals surface area contributed by atoms with Gasteiger partial charge < -0.3 is 0 Å². The first kappa shape index (κ1) is 12.3. The number of benzene rings is 2. The third-order valence-electron chi connectivity index (χ3n) is 2.30. The summed E-state index contributed by atoms with van der Waals surface area (Å²) in [5.41, 5.74) is 0.648. The van der Waals surface area contributed by atoms with Gasteiger partial charge in [0.05, 0.1) is 5.02 Å². The Balaban J connectivity index is 2.44. The monoisotopic (exact) mass is 312 g/mol. The van der Waals surface area contributed by atoms with Gasteiger partial charge in [-0.05, 0) is 36.4 Å². The molecule has 0 fully saturated rings. The number of hydrogen-bond acceptors (Lipinski definition) is 1. The molecule has 4 heteroatoms. The second-order valence-corrected chi connectivity index (χ2v) is 4.73. The highest BCUT2D eigenvalue weighted by Gasteiger charge is 2.14. The minimum absolute atomic E-state index is 0.139. The number of hydrogen-bond donors (Lipinski definition) is 0. The summed E-state index contributed by atoms with van der Waals surface area (Å²) in [4.78, 5) is 12.1. The van der Waals surface area contributed by atoms with E-state index in [0.29, 0.717) is 5.56 Å². The predicted molar refractivity (Wildman–Crippen MR) is 69.0 cm³/mol. The highest BCUT2D eigenvalue weighted by molar-refractivity contribution is 9.10. The van der Waals surface area contributed by atoms with E-state index < -0.39 is 5.82 Å². The molecule has 0 N–H and O–H groups in total. The van der Waals surface area contributed by atoms with Crippen molar-refractivity contribution in [3.8, 4) is 0 Å². The summed E-state index contributed by atoms with van der Waals surface area (Å²) in [7, 11) is 0. The number of rotatable bonds is 2. The van der Waals surface area contributed by atoms with Crippen molar-refractivity contribution in [2.75, 3.05) is 0 Å². The van der Waals surface area contributed by atoms with Crippen molar-refractivity contribution in [2.24, 2.45) is 0 Å². The van der Waals surface area contributed by atoms with Crippen molar-refractivity contribution < 1.29 is 9.18 Å². The summed E-state index contributed by atoms with van der Waals surface area (Å²) < 4.78 is 14.1. The maximum absolute atomic E-state index is 13.2. The Morgan fingerprint density at radius 2 is 1.76 bits per heavy atom. The van der Waals surface area contributed by atoms with E-state index in [-0.39, 0.29) is 16.4 Å². The third-order valence-corrected chi connectivity index (χ3v) is 3.22. The third kappa shape index (κ3) is 2.56. The maximum Gasteiger partial charge on any atom is 0.194 e. The first-order chi connectivity index (χ1) is 8.09. The van der Waals surface area contributed by atoms with Crippen LogP contribution in [0.2, 0.25) is 5.02 Å². The molecule has 0 aromatic heterocycles. The van der Waals surface area contributed by atoms with Crippen molar-refractivity contribution in [1.29, 1.82) is 0 Å². The SMILES string of the molecule is O=C(c1ccc(Br)cc1)c1cccc(F)c1Cl. The van der Waals surface area contributed by atoms with Crippen molar-refractivity contribution in [3.05, 3.63) is 68.9 Å². The van der Waals surface area contributed by atoms with Gasteiger partial charge in [-0.3, -0.25) is 4.79 Å². The Hall–Kier alpha value is -1.19. The van der Waals surface area contributed by atoms with Crippen LogP contribution >= 0.6 is 27.5 Å². The van der Waals surface area contributed by atoms with Gasteiger partial charge in [-0.15, -0.1) is 0 Å². The molecule has 2 rings (SSSR count). The molecule has 0 aliphatic rings. The molecule has 0 aliphatic heterocycles. The summed E-state index contributed by atoms with van der Waals surface area (Å²) in [5, 5.41) is -0.139. The molecule has 1 nitrogen and oxygen atoms in total. The van der Waals surface area contributed by atoms with Crippen LogP contribution in [0.5, 0.6) is 0 Å². The Kier molecular flexibility index (Phi) is 3.60. The van der Waals surface area contributed by atoms with E-state index in [1.165, 1.54) is 18.2 Å². The topological polar surface area (TPSA) is 17.1 Å². The van der Waals surface area contributed by atoms with Crippen LogP contribution in [0, 0.1) is 5.82 Å². The van der Waals surface area contributed by atoms with Crippen LogP contribution in [0.3, 0.4) is 0 Å². The van der Waals surface area contributed by atoms with Gasteiger partial charge in [-0.25, -0.2) is 4.39 Å². The molecular weight excluding hydrogens is 306 g/mol. The van der Waals surface area contributed by atoms with E-state index in [9.17, 15) is 9.18 Å². The summed E-state index contributed by atoms with van der Waals surface area (Å²) in [6.07, 6.45) is 0. The van der Waals surface area contributed by atoms with Crippen LogP contribution in [0.15, 0.2) is 46.9 Å². The van der Waals surface area contributed by atoms with Gasteiger partial charge in [0.25, 0.3) is 0 Å². The zero-order valence-electron chi connectivity index (χ0n) is 8.58. The van der Waals surface area contributed by atoms with Crippen molar-refractivity contribution in [1.82, 2.24) is 0 Å². The van der Waals surface area contributed by atoms with Crippen LogP contribution in [0.1, 0.15) is 15.9 Å². The second-order valence-electron chi connectivity index (χ2n) is 3.44. The Labute approximate surface area is 111 Å². The first-order valence-corrected chi connectivity index (χ1v) is 6.01. The van der Waals surface area contributed by atoms with Gasteiger partial charge in [0.2, 0.25) is 0 Å². The molecular formula is C13H7BrClFO. The molecule has 0 saturated carbocycles. The van der Waals surface area contributed by atoms with Gasteiger partial charge in [-0.1, -0.05) is 33.6 Å². The van der Waals surface area contributed by atoms with Crippen LogP contribution in [-0.2, 0) is 0 Å². The van der Waals surface area contributed by atoms with Crippen molar-refractivity contribution >= 4 is 33.3 Å². The molecule has 2 aromatic carbocycles. The van der Waals surface area contributed by atoms with Gasteiger partial charge in [-0.2, -0.15) is 0 Å². The maximum atomic E-state index is 13.2. The number of carbonyl (C=O) groups excluding carboxylic acids is 1. The second kappa shape index (κ2) is 4.98. The fraction of sp³-hybridized carbons (Fsp3) is 0. The van der Waals surface area contributed by atoms with Crippen molar-refractivity contribution in [2.45, 2.75) is 0 Å². The van der Waals surface area contributed by atoms with Crippen LogP contribution in [0.25, 0.3) is 0 Å². The van der Waals surface area contributed by atoms with Gasteiger partial charge in [0.15, 0.2) is 5.78 Å². The van der Waals surface area contributed by atoms with Gasteiger partial charge in [0, 0.05) is 15.6 Å². The van der Waals surface area contributed by atoms with Gasteiger partial charge >= 0.3 is 0 Å². The zero-order chi connectivity index (χ0) is 12.4. The number of ketones is 1. The summed E-state index contributed by atoms with van der Waals surface area (Å²) in [5.74, 6) is -0.878. The average Bonchev–Trinajstić information content (AvgIpc) is 2.33. The molecule has 0 amide bonds. The lowest BCUT2D eigenvalue weighted by Crippen LogP contribution is -2.02. The molecule has 0 heterocycles. The molecule has 0 spiro atoms. The van der Waals surface area contributed by atoms with E-state index in [2.05, 4.69) is 15.9 Å². The lowest BCUT2D eigenvalue weighted by molar-refractivity contribution is 0.103. The predicted octanol–water partition coefficient (Wildman–Crippen LogP) is 4.47. The fourth-order valence-electron chi connectivity index (χ4n) is 1.44. The van der Waals surface area contributed by atoms with E-state index in [1.54, 1.807) is 24.3 Å². The zero-order valence-corrected chi connectivity index (χ0v) is 10.9. The molecule has 0 unspecified atom stereocenters. The molecule has 0 atom stereocenters. The molecule has 0 saturated heterocycles. The summed E-state index contributed by atoms with van der Waals surface area (Å²) in [6, 6.07) is 11.0. The lowest BCUT2D eigenvalue weighted by Gasteiger charge is -2.04. The first-order valence-electron chi connectivity index (χ1n) is 4.84. The Morgan fingerprint density at radius 3 is 2.41 bits per heavy atom. The molecule has 2 aromatic rings. The number of carbonyl (C=O) groups is 1. The van der Waals surface area contributed by atoms with Crippen LogP contribution < -0.4 is 0 Å². The van der Waals surface area contributed by atoms with Crippen molar-refractivity contribution in [3.63, 3.8) is 0 Å². The van der Waals surface area contributed by atoms with E-state index in [4.69, 9.17) is 11.6 Å². The van der Waals surface area contributed by atoms with E-state index in [0.717, 1.165) is 4.47 Å². The highest BCUT2D eigenvalue weighted by Crippen LogP contribution is 2.23. The Morgan fingerprint density at radius 1 is 1.12 bits per heavy atom. The van der Waals surface area contributed by atoms with Crippen LogP contribution in [-0.4, -0.2) is 5.78 Å². The highest BCUT2D eigenvalue weighted by atomic mass is 79.9. The molecule has 0 radical (unpaired) electrons. The van der Waals surface area contributed by atoms with E-state index in [1.807, 2.05) is 0 Å². The smallest absolute Gasteiger partial charge is 0.194 e. The molecule has 17 heavy (non-hydrogen) atoms. The quantitative estimate of drug-likeness (QED) is 0.748. The lowest BCUT2D eigenvalue weighted by atomic mass is 10.0. The number of halogens is 3. The molecule has 0 aliphatic carbocycles. The van der Waals surface area contributed by atoms with Gasteiger partial charge in [0.1, 0.15) is 5.82 Å².